The maximum atomic E-state index is 5.62. The molecule has 0 aromatic carbocycles. The van der Waals surface area contributed by atoms with Crippen molar-refractivity contribution >= 4 is 0 Å². The predicted molar refractivity (Wildman–Crippen MR) is 78.0 cm³/mol. The Balaban J connectivity index is 2.16. The highest BCUT2D eigenvalue weighted by molar-refractivity contribution is 4.83. The number of aromatic nitrogens is 2. The summed E-state index contributed by atoms with van der Waals surface area (Å²) in [5.74, 6) is 1.47. The van der Waals surface area contributed by atoms with Gasteiger partial charge in [-0.3, -0.25) is 0 Å². The molecule has 0 atom stereocenters. The van der Waals surface area contributed by atoms with E-state index in [0.717, 1.165) is 18.7 Å². The van der Waals surface area contributed by atoms with E-state index in [4.69, 9.17) is 4.42 Å². The molecule has 0 aliphatic rings. The summed E-state index contributed by atoms with van der Waals surface area (Å²) in [5, 5.41) is 11.5. The van der Waals surface area contributed by atoms with E-state index in [9.17, 15) is 0 Å². The fourth-order valence-corrected chi connectivity index (χ4v) is 1.86. The average molecular weight is 267 g/mol. The van der Waals surface area contributed by atoms with Gasteiger partial charge in [-0.25, -0.2) is 0 Å². The summed E-state index contributed by atoms with van der Waals surface area (Å²) in [4.78, 5) is 0. The van der Waals surface area contributed by atoms with Gasteiger partial charge in [0.25, 0.3) is 0 Å². The molecule has 0 unspecified atom stereocenters. The molecule has 0 radical (unpaired) electrons. The number of unbranched alkanes of at least 4 members (excludes halogenated alkanes) is 5. The average Bonchev–Trinajstić information content (AvgIpc) is 2.78. The molecule has 4 nitrogen and oxygen atoms in total. The van der Waals surface area contributed by atoms with E-state index < -0.39 is 0 Å². The molecule has 0 amide bonds. The van der Waals surface area contributed by atoms with Gasteiger partial charge in [-0.05, 0) is 27.2 Å². The van der Waals surface area contributed by atoms with Crippen LogP contribution in [-0.4, -0.2) is 15.7 Å². The standard InChI is InChI=1S/C15H29N3O/c1-5-6-7-8-9-10-11-13-17-18-14(19-13)12-16-15(2,3)4/h16H,5-12H2,1-4H3. The number of nitrogens with zero attached hydrogens (tertiary/aromatic N) is 2. The zero-order valence-electron chi connectivity index (χ0n) is 13.0. The first-order valence-electron chi connectivity index (χ1n) is 7.57. The lowest BCUT2D eigenvalue weighted by atomic mass is 10.1. The molecule has 1 N–H and O–H groups in total. The van der Waals surface area contributed by atoms with Gasteiger partial charge in [0, 0.05) is 12.0 Å². The fourth-order valence-electron chi connectivity index (χ4n) is 1.86. The molecule has 0 saturated carbocycles. The summed E-state index contributed by atoms with van der Waals surface area (Å²) in [7, 11) is 0. The summed E-state index contributed by atoms with van der Waals surface area (Å²) < 4.78 is 5.62. The van der Waals surface area contributed by atoms with E-state index in [1.165, 1.54) is 32.1 Å². The maximum Gasteiger partial charge on any atom is 0.230 e. The quantitative estimate of drug-likeness (QED) is 0.690. The molecule has 110 valence electrons. The van der Waals surface area contributed by atoms with Gasteiger partial charge in [-0.15, -0.1) is 10.2 Å². The Kier molecular flexibility index (Phi) is 7.06. The first-order valence-corrected chi connectivity index (χ1v) is 7.57. The van der Waals surface area contributed by atoms with E-state index in [1.807, 2.05) is 0 Å². The van der Waals surface area contributed by atoms with Crippen molar-refractivity contribution in [2.24, 2.45) is 0 Å². The molecular weight excluding hydrogens is 238 g/mol. The van der Waals surface area contributed by atoms with Crippen LogP contribution in [0.2, 0.25) is 0 Å². The second-order valence-electron chi connectivity index (χ2n) is 6.21. The lowest BCUT2D eigenvalue weighted by molar-refractivity contribution is 0.369. The monoisotopic (exact) mass is 267 g/mol. The van der Waals surface area contributed by atoms with Crippen molar-refractivity contribution in [2.75, 3.05) is 0 Å². The van der Waals surface area contributed by atoms with Crippen molar-refractivity contribution in [3.05, 3.63) is 11.8 Å². The van der Waals surface area contributed by atoms with Gasteiger partial charge in [0.05, 0.1) is 6.54 Å². The molecule has 1 rings (SSSR count). The number of hydrogen-bond donors (Lipinski definition) is 1. The number of nitrogens with one attached hydrogen (secondary N) is 1. The second-order valence-corrected chi connectivity index (χ2v) is 6.21. The Morgan fingerprint density at radius 3 is 2.26 bits per heavy atom. The molecule has 1 aromatic heterocycles. The van der Waals surface area contributed by atoms with Crippen molar-refractivity contribution in [3.8, 4) is 0 Å². The molecule has 0 spiro atoms. The number of hydrogen-bond acceptors (Lipinski definition) is 4. The molecular formula is C15H29N3O. The fraction of sp³-hybridized carbons (Fsp3) is 0.867. The van der Waals surface area contributed by atoms with Crippen molar-refractivity contribution < 1.29 is 4.42 Å². The Bertz CT molecular complexity index is 341. The van der Waals surface area contributed by atoms with Crippen LogP contribution in [0.25, 0.3) is 0 Å². The molecule has 19 heavy (non-hydrogen) atoms. The maximum absolute atomic E-state index is 5.62. The summed E-state index contributed by atoms with van der Waals surface area (Å²) >= 11 is 0. The molecule has 1 aromatic rings. The summed E-state index contributed by atoms with van der Waals surface area (Å²) in [6, 6.07) is 0. The number of aryl methyl sites for hydroxylation is 1. The highest BCUT2D eigenvalue weighted by Gasteiger charge is 2.11. The van der Waals surface area contributed by atoms with E-state index in [0.29, 0.717) is 12.4 Å². The van der Waals surface area contributed by atoms with Crippen LogP contribution in [0.3, 0.4) is 0 Å². The Hall–Kier alpha value is -0.900. The van der Waals surface area contributed by atoms with Crippen LogP contribution in [0.4, 0.5) is 0 Å². The van der Waals surface area contributed by atoms with Crippen molar-refractivity contribution in [2.45, 2.75) is 84.7 Å². The van der Waals surface area contributed by atoms with Crippen LogP contribution in [-0.2, 0) is 13.0 Å². The lowest BCUT2D eigenvalue weighted by Gasteiger charge is -2.18. The lowest BCUT2D eigenvalue weighted by Crippen LogP contribution is -2.35. The van der Waals surface area contributed by atoms with E-state index in [1.54, 1.807) is 0 Å². The van der Waals surface area contributed by atoms with E-state index in [2.05, 4.69) is 43.2 Å². The third kappa shape index (κ3) is 7.98. The van der Waals surface area contributed by atoms with Gasteiger partial charge >= 0.3 is 0 Å². The molecule has 0 saturated heterocycles. The molecule has 0 aliphatic carbocycles. The van der Waals surface area contributed by atoms with Crippen LogP contribution < -0.4 is 5.32 Å². The van der Waals surface area contributed by atoms with E-state index in [-0.39, 0.29) is 5.54 Å². The first-order chi connectivity index (χ1) is 9.01. The normalized spacial score (nSPS) is 12.0. The zero-order chi connectivity index (χ0) is 14.1. The largest absolute Gasteiger partial charge is 0.424 e. The Labute approximate surface area is 117 Å². The highest BCUT2D eigenvalue weighted by Crippen LogP contribution is 2.10. The smallest absolute Gasteiger partial charge is 0.230 e. The molecule has 1 heterocycles. The van der Waals surface area contributed by atoms with Gasteiger partial charge in [-0.1, -0.05) is 39.0 Å². The van der Waals surface area contributed by atoms with Crippen molar-refractivity contribution in [3.63, 3.8) is 0 Å². The van der Waals surface area contributed by atoms with Crippen LogP contribution in [0.5, 0.6) is 0 Å². The van der Waals surface area contributed by atoms with Crippen LogP contribution in [0, 0.1) is 0 Å². The van der Waals surface area contributed by atoms with Gasteiger partial charge in [0.1, 0.15) is 0 Å². The Morgan fingerprint density at radius 1 is 0.947 bits per heavy atom. The minimum atomic E-state index is 0.0773. The van der Waals surface area contributed by atoms with E-state index >= 15 is 0 Å². The minimum Gasteiger partial charge on any atom is -0.424 e. The van der Waals surface area contributed by atoms with Crippen LogP contribution in [0.1, 0.15) is 78.0 Å². The summed E-state index contributed by atoms with van der Waals surface area (Å²) in [6.45, 7) is 9.26. The SMILES string of the molecule is CCCCCCCCc1nnc(CNC(C)(C)C)o1. The first kappa shape index (κ1) is 16.2. The Morgan fingerprint density at radius 2 is 1.58 bits per heavy atom. The molecule has 0 aliphatic heterocycles. The molecule has 4 heteroatoms. The second kappa shape index (κ2) is 8.31. The van der Waals surface area contributed by atoms with Crippen molar-refractivity contribution in [1.82, 2.24) is 15.5 Å². The summed E-state index contributed by atoms with van der Waals surface area (Å²) in [5.41, 5.74) is 0.0773. The topological polar surface area (TPSA) is 51.0 Å². The number of rotatable bonds is 9. The predicted octanol–water partition coefficient (Wildman–Crippen LogP) is 3.86. The highest BCUT2D eigenvalue weighted by atomic mass is 16.4. The molecule has 0 bridgehead atoms. The van der Waals surface area contributed by atoms with Crippen LogP contribution in [0.15, 0.2) is 4.42 Å². The summed E-state index contributed by atoms with van der Waals surface area (Å²) in [6.07, 6.45) is 8.64. The van der Waals surface area contributed by atoms with Gasteiger partial charge < -0.3 is 9.73 Å². The van der Waals surface area contributed by atoms with Gasteiger partial charge in [-0.2, -0.15) is 0 Å². The van der Waals surface area contributed by atoms with Crippen LogP contribution >= 0.6 is 0 Å². The van der Waals surface area contributed by atoms with Gasteiger partial charge in [0.2, 0.25) is 11.8 Å². The minimum absolute atomic E-state index is 0.0773. The van der Waals surface area contributed by atoms with Gasteiger partial charge in [0.15, 0.2) is 0 Å². The third-order valence-electron chi connectivity index (χ3n) is 3.02. The molecule has 0 fully saturated rings. The third-order valence-corrected chi connectivity index (χ3v) is 3.02. The van der Waals surface area contributed by atoms with Crippen molar-refractivity contribution in [1.29, 1.82) is 0 Å². The zero-order valence-corrected chi connectivity index (χ0v) is 13.0.